The van der Waals surface area contributed by atoms with Gasteiger partial charge in [-0.15, -0.1) is 0 Å². The average molecular weight is 210 g/mol. The third kappa shape index (κ3) is 4.35. The molecule has 0 bridgehead atoms. The summed E-state index contributed by atoms with van der Waals surface area (Å²) in [4.78, 5) is 3.91. The van der Waals surface area contributed by atoms with Gasteiger partial charge in [0.2, 0.25) is 0 Å². The zero-order valence-electron chi connectivity index (χ0n) is 9.32. The smallest absolute Gasteiger partial charge is 0.163 e. The van der Waals surface area contributed by atoms with Crippen LogP contribution in [0.2, 0.25) is 0 Å². The van der Waals surface area contributed by atoms with Gasteiger partial charge in [0.25, 0.3) is 0 Å². The number of rotatable bonds is 7. The number of nitrogens with zero attached hydrogens (tertiary/aromatic N) is 1. The van der Waals surface area contributed by atoms with Crippen LogP contribution >= 0.6 is 0 Å². The molecule has 15 heavy (non-hydrogen) atoms. The molecule has 0 aliphatic carbocycles. The third-order valence-corrected chi connectivity index (χ3v) is 1.86. The minimum Gasteiger partial charge on any atom is -0.493 e. The van der Waals surface area contributed by atoms with Gasteiger partial charge >= 0.3 is 0 Å². The Labute approximate surface area is 90.8 Å². The van der Waals surface area contributed by atoms with Crippen LogP contribution < -0.4 is 5.73 Å². The van der Waals surface area contributed by atoms with Crippen LogP contribution in [-0.2, 0) is 9.47 Å². The van der Waals surface area contributed by atoms with Crippen molar-refractivity contribution in [1.82, 2.24) is 0 Å². The van der Waals surface area contributed by atoms with E-state index < -0.39 is 0 Å². The van der Waals surface area contributed by atoms with Crippen LogP contribution in [0.5, 0.6) is 0 Å². The highest BCUT2D eigenvalue weighted by Gasteiger charge is 2.08. The zero-order chi connectivity index (χ0) is 11.7. The highest BCUT2D eigenvalue weighted by Crippen LogP contribution is 2.18. The summed E-state index contributed by atoms with van der Waals surface area (Å²) in [5, 5.41) is 0. The lowest BCUT2D eigenvalue weighted by Gasteiger charge is -2.12. The number of ether oxygens (including phenoxy) is 2. The molecule has 0 aromatic rings. The lowest BCUT2D eigenvalue weighted by Crippen LogP contribution is -2.00. The molecular formula is C11H18N2O2. The number of nitrogens with two attached hydrogens (primary N) is 1. The molecule has 0 saturated heterocycles. The Bertz CT molecular complexity index is 280. The molecular weight excluding hydrogens is 192 g/mol. The SMILES string of the molecule is C=C/C(CCN=CN)=C(/OC)C(=C)OC. The lowest BCUT2D eigenvalue weighted by molar-refractivity contribution is 0.218. The highest BCUT2D eigenvalue weighted by molar-refractivity contribution is 5.51. The monoisotopic (exact) mass is 210 g/mol. The molecule has 4 heteroatoms. The van der Waals surface area contributed by atoms with Crippen LogP contribution in [0.4, 0.5) is 0 Å². The molecule has 0 spiro atoms. The summed E-state index contributed by atoms with van der Waals surface area (Å²) in [6, 6.07) is 0. The zero-order valence-corrected chi connectivity index (χ0v) is 9.32. The molecule has 0 aliphatic rings. The van der Waals surface area contributed by atoms with Crippen LogP contribution in [0.1, 0.15) is 6.42 Å². The van der Waals surface area contributed by atoms with Crippen molar-refractivity contribution in [3.8, 4) is 0 Å². The summed E-state index contributed by atoms with van der Waals surface area (Å²) in [5.41, 5.74) is 6.04. The van der Waals surface area contributed by atoms with Crippen LogP contribution in [0.3, 0.4) is 0 Å². The predicted octanol–water partition coefficient (Wildman–Crippen LogP) is 1.61. The molecule has 0 aromatic carbocycles. The first-order chi connectivity index (χ1) is 7.21. The van der Waals surface area contributed by atoms with Crippen molar-refractivity contribution in [1.29, 1.82) is 0 Å². The Balaban J connectivity index is 4.73. The fraction of sp³-hybridized carbons (Fsp3) is 0.364. The van der Waals surface area contributed by atoms with Crippen molar-refractivity contribution < 1.29 is 9.47 Å². The Morgan fingerprint density at radius 3 is 2.47 bits per heavy atom. The van der Waals surface area contributed by atoms with E-state index in [4.69, 9.17) is 15.2 Å². The van der Waals surface area contributed by atoms with Crippen molar-refractivity contribution in [2.45, 2.75) is 6.42 Å². The van der Waals surface area contributed by atoms with Crippen molar-refractivity contribution in [3.63, 3.8) is 0 Å². The molecule has 2 N–H and O–H groups in total. The largest absolute Gasteiger partial charge is 0.493 e. The van der Waals surface area contributed by atoms with Gasteiger partial charge in [-0.2, -0.15) is 0 Å². The van der Waals surface area contributed by atoms with Gasteiger partial charge in [-0.25, -0.2) is 0 Å². The van der Waals surface area contributed by atoms with Crippen molar-refractivity contribution >= 4 is 6.34 Å². The van der Waals surface area contributed by atoms with E-state index in [1.165, 1.54) is 6.34 Å². The molecule has 4 nitrogen and oxygen atoms in total. The van der Waals surface area contributed by atoms with E-state index in [0.29, 0.717) is 24.5 Å². The maximum absolute atomic E-state index is 5.19. The third-order valence-electron chi connectivity index (χ3n) is 1.86. The Kier molecular flexibility index (Phi) is 6.80. The molecule has 0 aliphatic heterocycles. The van der Waals surface area contributed by atoms with Gasteiger partial charge in [0.15, 0.2) is 11.5 Å². The predicted molar refractivity (Wildman–Crippen MR) is 62.5 cm³/mol. The van der Waals surface area contributed by atoms with Gasteiger partial charge in [0.05, 0.1) is 20.6 Å². The first kappa shape index (κ1) is 13.3. The molecule has 0 aromatic heterocycles. The lowest BCUT2D eigenvalue weighted by atomic mass is 10.1. The summed E-state index contributed by atoms with van der Waals surface area (Å²) in [6.07, 6.45) is 3.66. The van der Waals surface area contributed by atoms with Crippen LogP contribution in [0.25, 0.3) is 0 Å². The summed E-state index contributed by atoms with van der Waals surface area (Å²) in [7, 11) is 3.11. The number of allylic oxidation sites excluding steroid dienone is 1. The molecule has 0 heterocycles. The Morgan fingerprint density at radius 2 is 2.07 bits per heavy atom. The van der Waals surface area contributed by atoms with Crippen molar-refractivity contribution in [3.05, 3.63) is 36.3 Å². The van der Waals surface area contributed by atoms with E-state index >= 15 is 0 Å². The van der Waals surface area contributed by atoms with Crippen LogP contribution in [-0.4, -0.2) is 27.1 Å². The van der Waals surface area contributed by atoms with Gasteiger partial charge in [0, 0.05) is 6.54 Å². The molecule has 0 unspecified atom stereocenters. The quantitative estimate of drug-likeness (QED) is 0.300. The van der Waals surface area contributed by atoms with Crippen molar-refractivity contribution in [2.24, 2.45) is 10.7 Å². The molecule has 84 valence electrons. The fourth-order valence-electron chi connectivity index (χ4n) is 1.08. The normalized spacial score (nSPS) is 12.1. The van der Waals surface area contributed by atoms with E-state index in [9.17, 15) is 0 Å². The van der Waals surface area contributed by atoms with Crippen molar-refractivity contribution in [2.75, 3.05) is 20.8 Å². The van der Waals surface area contributed by atoms with Gasteiger partial charge < -0.3 is 15.2 Å². The van der Waals surface area contributed by atoms with Gasteiger partial charge in [-0.05, 0) is 12.0 Å². The number of hydrogen-bond acceptors (Lipinski definition) is 3. The summed E-state index contributed by atoms with van der Waals surface area (Å²) < 4.78 is 10.2. The minimum atomic E-state index is 0.476. The summed E-state index contributed by atoms with van der Waals surface area (Å²) >= 11 is 0. The standard InChI is InChI=1S/C11H18N2O2/c1-5-10(6-7-13-8-12)11(15-4)9(2)14-3/h5,8H,1-2,6-7H2,3-4H3,(H2,12,13)/b11-10-. The number of hydrogen-bond donors (Lipinski definition) is 1. The van der Waals surface area contributed by atoms with Gasteiger partial charge in [0.1, 0.15) is 0 Å². The molecule has 0 rings (SSSR count). The maximum Gasteiger partial charge on any atom is 0.163 e. The second-order valence-electron chi connectivity index (χ2n) is 2.70. The molecule has 0 atom stereocenters. The maximum atomic E-state index is 5.19. The fourth-order valence-corrected chi connectivity index (χ4v) is 1.08. The number of methoxy groups -OCH3 is 2. The van der Waals surface area contributed by atoms with Gasteiger partial charge in [-0.1, -0.05) is 19.2 Å². The molecule has 0 amide bonds. The van der Waals surface area contributed by atoms with Crippen LogP contribution in [0, 0.1) is 0 Å². The van der Waals surface area contributed by atoms with E-state index in [1.54, 1.807) is 20.3 Å². The second kappa shape index (κ2) is 7.67. The first-order valence-corrected chi connectivity index (χ1v) is 4.54. The Hall–Kier alpha value is -1.71. The average Bonchev–Trinajstić information content (AvgIpc) is 2.27. The topological polar surface area (TPSA) is 56.8 Å². The minimum absolute atomic E-state index is 0.476. The van der Waals surface area contributed by atoms with E-state index in [1.807, 2.05) is 0 Å². The van der Waals surface area contributed by atoms with Gasteiger partial charge in [-0.3, -0.25) is 4.99 Å². The molecule has 0 saturated carbocycles. The first-order valence-electron chi connectivity index (χ1n) is 4.54. The second-order valence-corrected chi connectivity index (χ2v) is 2.70. The van der Waals surface area contributed by atoms with Crippen LogP contribution in [0.15, 0.2) is 41.3 Å². The number of aliphatic imine (C=N–C) groups is 1. The van der Waals surface area contributed by atoms with E-state index in [0.717, 1.165) is 5.57 Å². The summed E-state index contributed by atoms with van der Waals surface area (Å²) in [5.74, 6) is 1.07. The van der Waals surface area contributed by atoms with E-state index in [2.05, 4.69) is 18.2 Å². The molecule has 0 radical (unpaired) electrons. The molecule has 0 fully saturated rings. The van der Waals surface area contributed by atoms with E-state index in [-0.39, 0.29) is 0 Å². The highest BCUT2D eigenvalue weighted by atomic mass is 16.5. The Morgan fingerprint density at radius 1 is 1.40 bits per heavy atom. The summed E-state index contributed by atoms with van der Waals surface area (Å²) in [6.45, 7) is 8.02.